The Morgan fingerprint density at radius 2 is 1.89 bits per heavy atom. The van der Waals surface area contributed by atoms with Crippen LogP contribution in [0.3, 0.4) is 0 Å². The van der Waals surface area contributed by atoms with E-state index in [1.54, 1.807) is 44.4 Å². The fourth-order valence-electron chi connectivity index (χ4n) is 3.78. The normalized spacial score (nSPS) is 13.6. The molecule has 4 heterocycles. The number of aromatic nitrogens is 3. The molecule has 1 aliphatic heterocycles. The number of ether oxygens (including phenoxy) is 1. The van der Waals surface area contributed by atoms with Crippen LogP contribution in [-0.4, -0.2) is 47.2 Å². The number of nitrogens with one attached hydrogen (secondary N) is 1. The van der Waals surface area contributed by atoms with Gasteiger partial charge in [-0.3, -0.25) is 14.8 Å². The first-order valence-corrected chi connectivity index (χ1v) is 11.2. The van der Waals surface area contributed by atoms with Gasteiger partial charge in [0.25, 0.3) is 5.91 Å². The van der Waals surface area contributed by atoms with Crippen LogP contribution in [0.2, 0.25) is 0 Å². The lowest BCUT2D eigenvalue weighted by atomic mass is 9.90. The number of pyridine rings is 3. The number of carbonyl (C=O) groups is 1. The van der Waals surface area contributed by atoms with Crippen molar-refractivity contribution in [2.45, 2.75) is 26.2 Å². The lowest BCUT2D eigenvalue weighted by molar-refractivity contribution is 0.102. The van der Waals surface area contributed by atoms with Gasteiger partial charge in [-0.2, -0.15) is 10.5 Å². The highest BCUT2D eigenvalue weighted by molar-refractivity contribution is 6.04. The van der Waals surface area contributed by atoms with E-state index in [1.165, 1.54) is 6.20 Å². The first-order chi connectivity index (χ1) is 16.8. The zero-order chi connectivity index (χ0) is 25.0. The molecule has 35 heavy (non-hydrogen) atoms. The molecular formula is C26H25N7O2. The SMILES string of the molecule is Cc1ncc(NC(=O)c2ccnc(C(C)(C)C#N)c2)cc1-c1cnc(N2CCOCC2)c(C#N)c1. The number of amides is 1. The van der Waals surface area contributed by atoms with Crippen LogP contribution in [0.5, 0.6) is 0 Å². The molecular weight excluding hydrogens is 442 g/mol. The Labute approximate surface area is 204 Å². The fraction of sp³-hybridized carbons (Fsp3) is 0.308. The smallest absolute Gasteiger partial charge is 0.255 e. The summed E-state index contributed by atoms with van der Waals surface area (Å²) in [5, 5.41) is 22.0. The van der Waals surface area contributed by atoms with E-state index in [1.807, 2.05) is 17.9 Å². The van der Waals surface area contributed by atoms with Gasteiger partial charge in [-0.1, -0.05) is 0 Å². The second-order valence-corrected chi connectivity index (χ2v) is 8.78. The van der Waals surface area contributed by atoms with Gasteiger partial charge in [0.1, 0.15) is 11.9 Å². The van der Waals surface area contributed by atoms with Crippen molar-refractivity contribution in [3.8, 4) is 23.3 Å². The van der Waals surface area contributed by atoms with Gasteiger partial charge in [0, 0.05) is 47.9 Å². The van der Waals surface area contributed by atoms with E-state index in [0.29, 0.717) is 54.6 Å². The third-order valence-corrected chi connectivity index (χ3v) is 5.90. The summed E-state index contributed by atoms with van der Waals surface area (Å²) < 4.78 is 5.40. The molecule has 1 N–H and O–H groups in total. The maximum absolute atomic E-state index is 12.9. The van der Waals surface area contributed by atoms with Crippen LogP contribution in [0.15, 0.2) is 42.9 Å². The summed E-state index contributed by atoms with van der Waals surface area (Å²) in [7, 11) is 0. The average Bonchev–Trinajstić information content (AvgIpc) is 2.90. The molecule has 3 aromatic heterocycles. The number of morpholine rings is 1. The van der Waals surface area contributed by atoms with Crippen molar-refractivity contribution in [1.29, 1.82) is 10.5 Å². The van der Waals surface area contributed by atoms with Crippen LogP contribution in [-0.2, 0) is 10.2 Å². The zero-order valence-corrected chi connectivity index (χ0v) is 19.9. The Kier molecular flexibility index (Phi) is 6.72. The summed E-state index contributed by atoms with van der Waals surface area (Å²) in [5.41, 5.74) is 3.33. The van der Waals surface area contributed by atoms with Gasteiger partial charge >= 0.3 is 0 Å². The summed E-state index contributed by atoms with van der Waals surface area (Å²) in [6.07, 6.45) is 4.83. The molecule has 1 amide bonds. The number of nitriles is 2. The summed E-state index contributed by atoms with van der Waals surface area (Å²) in [5.74, 6) is 0.306. The Balaban J connectivity index is 1.60. The molecule has 1 fully saturated rings. The van der Waals surface area contributed by atoms with E-state index in [-0.39, 0.29) is 5.91 Å². The molecule has 176 valence electrons. The summed E-state index contributed by atoms with van der Waals surface area (Å²) in [4.78, 5) is 28.2. The molecule has 0 bridgehead atoms. The second-order valence-electron chi connectivity index (χ2n) is 8.78. The highest BCUT2D eigenvalue weighted by atomic mass is 16.5. The lowest BCUT2D eigenvalue weighted by Crippen LogP contribution is -2.37. The van der Waals surface area contributed by atoms with Crippen LogP contribution in [0.25, 0.3) is 11.1 Å². The van der Waals surface area contributed by atoms with Crippen LogP contribution in [0.1, 0.15) is 41.2 Å². The summed E-state index contributed by atoms with van der Waals surface area (Å²) in [6, 6.07) is 11.3. The highest BCUT2D eigenvalue weighted by Gasteiger charge is 2.23. The highest BCUT2D eigenvalue weighted by Crippen LogP contribution is 2.29. The fourth-order valence-corrected chi connectivity index (χ4v) is 3.78. The third kappa shape index (κ3) is 5.11. The molecule has 9 nitrogen and oxygen atoms in total. The van der Waals surface area contributed by atoms with Crippen molar-refractivity contribution < 1.29 is 9.53 Å². The van der Waals surface area contributed by atoms with E-state index >= 15 is 0 Å². The zero-order valence-electron chi connectivity index (χ0n) is 19.9. The standard InChI is InChI=1S/C26H25N7O2/c1-17-22(20-10-19(13-27)24(31-14-20)33-6-8-35-9-7-33)12-21(15-30-17)32-25(34)18-4-5-29-23(11-18)26(2,3)16-28/h4-5,10-12,14-15H,6-9H2,1-3H3,(H,32,34). The van der Waals surface area contributed by atoms with Crippen LogP contribution < -0.4 is 10.2 Å². The topological polar surface area (TPSA) is 128 Å². The molecule has 0 atom stereocenters. The third-order valence-electron chi connectivity index (χ3n) is 5.90. The van der Waals surface area contributed by atoms with Crippen LogP contribution in [0.4, 0.5) is 11.5 Å². The average molecular weight is 468 g/mol. The van der Waals surface area contributed by atoms with Crippen molar-refractivity contribution in [2.75, 3.05) is 36.5 Å². The van der Waals surface area contributed by atoms with Crippen molar-refractivity contribution in [2.24, 2.45) is 0 Å². The van der Waals surface area contributed by atoms with E-state index in [4.69, 9.17) is 4.74 Å². The van der Waals surface area contributed by atoms with Gasteiger partial charge < -0.3 is 15.0 Å². The monoisotopic (exact) mass is 467 g/mol. The first-order valence-electron chi connectivity index (χ1n) is 11.2. The number of carbonyl (C=O) groups excluding carboxylic acids is 1. The number of nitrogens with zero attached hydrogens (tertiary/aromatic N) is 6. The van der Waals surface area contributed by atoms with E-state index in [0.717, 1.165) is 16.8 Å². The van der Waals surface area contributed by atoms with Gasteiger partial charge in [0.2, 0.25) is 0 Å². The summed E-state index contributed by atoms with van der Waals surface area (Å²) in [6.45, 7) is 7.94. The predicted octanol–water partition coefficient (Wildman–Crippen LogP) is 3.61. The van der Waals surface area contributed by atoms with Crippen molar-refractivity contribution in [3.63, 3.8) is 0 Å². The lowest BCUT2D eigenvalue weighted by Gasteiger charge is -2.28. The minimum Gasteiger partial charge on any atom is -0.378 e. The van der Waals surface area contributed by atoms with E-state index in [2.05, 4.69) is 32.4 Å². The Bertz CT molecular complexity index is 1350. The molecule has 1 saturated heterocycles. The van der Waals surface area contributed by atoms with E-state index in [9.17, 15) is 15.3 Å². The number of hydrogen-bond acceptors (Lipinski definition) is 8. The molecule has 0 aromatic carbocycles. The van der Waals surface area contributed by atoms with Crippen LogP contribution >= 0.6 is 0 Å². The molecule has 0 spiro atoms. The molecule has 1 aliphatic rings. The number of rotatable bonds is 5. The first kappa shape index (κ1) is 23.8. The molecule has 3 aromatic rings. The largest absolute Gasteiger partial charge is 0.378 e. The molecule has 9 heteroatoms. The molecule has 0 radical (unpaired) electrons. The van der Waals surface area contributed by atoms with Crippen LogP contribution in [0, 0.1) is 29.6 Å². The minimum absolute atomic E-state index is 0.336. The van der Waals surface area contributed by atoms with Crippen molar-refractivity contribution in [3.05, 3.63) is 65.4 Å². The second kappa shape index (κ2) is 9.88. The molecule has 0 aliphatic carbocycles. The summed E-state index contributed by atoms with van der Waals surface area (Å²) >= 11 is 0. The van der Waals surface area contributed by atoms with Gasteiger partial charge in [0.05, 0.1) is 47.8 Å². The number of aryl methyl sites for hydroxylation is 1. The van der Waals surface area contributed by atoms with Gasteiger partial charge in [0.15, 0.2) is 0 Å². The Morgan fingerprint density at radius 3 is 2.60 bits per heavy atom. The molecule has 0 unspecified atom stereocenters. The Morgan fingerprint density at radius 1 is 1.11 bits per heavy atom. The van der Waals surface area contributed by atoms with Crippen molar-refractivity contribution >= 4 is 17.4 Å². The number of hydrogen-bond donors (Lipinski definition) is 1. The predicted molar refractivity (Wildman–Crippen MR) is 131 cm³/mol. The minimum atomic E-state index is -0.812. The van der Waals surface area contributed by atoms with Crippen molar-refractivity contribution in [1.82, 2.24) is 15.0 Å². The maximum Gasteiger partial charge on any atom is 0.255 e. The molecule has 0 saturated carbocycles. The Hall–Kier alpha value is -4.34. The quantitative estimate of drug-likeness (QED) is 0.603. The van der Waals surface area contributed by atoms with Gasteiger partial charge in [-0.15, -0.1) is 0 Å². The number of anilines is 2. The van der Waals surface area contributed by atoms with E-state index < -0.39 is 5.41 Å². The van der Waals surface area contributed by atoms with Gasteiger partial charge in [-0.05, 0) is 45.0 Å². The van der Waals surface area contributed by atoms with Gasteiger partial charge in [-0.25, -0.2) is 4.98 Å². The maximum atomic E-state index is 12.9. The molecule has 4 rings (SSSR count).